The number of nitrogens with zero attached hydrogens (tertiary/aromatic N) is 3. The molecule has 0 aliphatic carbocycles. The van der Waals surface area contributed by atoms with Crippen molar-refractivity contribution in [3.63, 3.8) is 0 Å². The highest BCUT2D eigenvalue weighted by atomic mass is 31.2. The fourth-order valence-corrected chi connectivity index (χ4v) is 2.69. The molecule has 3 heterocycles. The molecule has 0 radical (unpaired) electrons. The van der Waals surface area contributed by atoms with Crippen LogP contribution in [0.1, 0.15) is 13.2 Å². The lowest BCUT2D eigenvalue weighted by Crippen LogP contribution is -2.41. The van der Waals surface area contributed by atoms with Crippen LogP contribution >= 0.6 is 8.38 Å². The molecule has 0 aromatic carbocycles. The average Bonchev–Trinajstić information content (AvgIpc) is 3.07. The summed E-state index contributed by atoms with van der Waals surface area (Å²) in [4.78, 5) is 21.7. The first-order valence-electron chi connectivity index (χ1n) is 6.86. The van der Waals surface area contributed by atoms with E-state index in [2.05, 4.69) is 19.5 Å². The number of rotatable bonds is 5. The van der Waals surface area contributed by atoms with Gasteiger partial charge in [0, 0.05) is 6.20 Å². The lowest BCUT2D eigenvalue weighted by Gasteiger charge is -2.26. The van der Waals surface area contributed by atoms with E-state index in [-0.39, 0.29) is 5.82 Å². The maximum absolute atomic E-state index is 14.5. The molecule has 2 aromatic heterocycles. The van der Waals surface area contributed by atoms with Gasteiger partial charge < -0.3 is 30.1 Å². The summed E-state index contributed by atoms with van der Waals surface area (Å²) < 4.78 is 25.7. The van der Waals surface area contributed by atoms with Crippen LogP contribution in [0.15, 0.2) is 18.6 Å². The van der Waals surface area contributed by atoms with Crippen molar-refractivity contribution < 1.29 is 33.8 Å². The molecule has 24 heavy (non-hydrogen) atoms. The number of fused-ring (bicyclic) bond motifs is 1. The van der Waals surface area contributed by atoms with Gasteiger partial charge in [-0.15, -0.1) is 0 Å². The minimum Gasteiger partial charge on any atom is -0.387 e. The molecule has 0 bridgehead atoms. The predicted octanol–water partition coefficient (Wildman–Crippen LogP) is 0.160. The molecule has 0 saturated carbocycles. The number of nitrogens with two attached hydrogens (primary N) is 1. The number of nitrogen functional groups attached to an aromatic ring is 1. The number of alkyl halides is 1. The quantitative estimate of drug-likeness (QED) is 0.332. The van der Waals surface area contributed by atoms with Gasteiger partial charge in [-0.2, -0.15) is 9.56 Å². The molecule has 10 nitrogen and oxygen atoms in total. The number of hydrogen-bond acceptors (Lipinski definition) is 9. The number of aliphatic hydroxyl groups is 2. The molecule has 2 unspecified atom stereocenters. The van der Waals surface area contributed by atoms with Crippen LogP contribution in [0.25, 0.3) is 11.0 Å². The first-order valence-corrected chi connectivity index (χ1v) is 8.25. The van der Waals surface area contributed by atoms with Crippen LogP contribution in [-0.4, -0.2) is 54.1 Å². The van der Waals surface area contributed by atoms with Crippen LogP contribution in [0, 0.1) is 0 Å². The summed E-state index contributed by atoms with van der Waals surface area (Å²) in [7, 11) is -2.28. The van der Waals surface area contributed by atoms with Crippen molar-refractivity contribution in [2.75, 3.05) is 12.1 Å². The Morgan fingerprint density at radius 2 is 2.29 bits per heavy atom. The lowest BCUT2D eigenvalue weighted by molar-refractivity contribution is -0.327. The number of aliphatic hydroxyl groups excluding tert-OH is 1. The van der Waals surface area contributed by atoms with Crippen molar-refractivity contribution in [2.45, 2.75) is 31.2 Å². The van der Waals surface area contributed by atoms with E-state index in [4.69, 9.17) is 20.5 Å². The van der Waals surface area contributed by atoms with Gasteiger partial charge in [0.05, 0.1) is 5.39 Å². The van der Waals surface area contributed by atoms with Crippen molar-refractivity contribution in [1.82, 2.24) is 14.5 Å². The number of anilines is 1. The van der Waals surface area contributed by atoms with E-state index in [0.29, 0.717) is 11.0 Å². The molecule has 12 heteroatoms. The Kier molecular flexibility index (Phi) is 4.67. The molecular weight excluding hydrogens is 346 g/mol. The minimum atomic E-state index is -2.28. The molecule has 3 rings (SSSR count). The Hall–Kier alpha value is -1.46. The van der Waals surface area contributed by atoms with E-state index in [1.807, 2.05) is 0 Å². The van der Waals surface area contributed by atoms with Gasteiger partial charge in [0.1, 0.15) is 29.7 Å². The van der Waals surface area contributed by atoms with Gasteiger partial charge in [0.15, 0.2) is 12.4 Å². The highest BCUT2D eigenvalue weighted by Crippen LogP contribution is 2.43. The summed E-state index contributed by atoms with van der Waals surface area (Å²) in [5.74, 6) is 0.234. The molecule has 5 N–H and O–H groups in total. The van der Waals surface area contributed by atoms with Gasteiger partial charge in [-0.05, 0) is 13.0 Å². The fraction of sp³-hybridized carbons (Fsp3) is 0.500. The van der Waals surface area contributed by atoms with Gasteiger partial charge >= 0.3 is 0 Å². The number of ether oxygens (including phenoxy) is 1. The first-order chi connectivity index (χ1) is 11.4. The standard InChI is InChI=1S/C12H16FN4O6P/c1-12(19)7(13)10(22-23-24(20)5-18)21-11(12)17-3-2-6-8(14)15-4-16-9(6)17/h2-4,7,10-11,18-20H,5H2,1H3,(H2,14,15,16)/t7?,10-,11-,12-,24?/m1/s1. The Morgan fingerprint density at radius 1 is 1.54 bits per heavy atom. The van der Waals surface area contributed by atoms with E-state index in [1.54, 1.807) is 6.07 Å². The normalized spacial score (nSPS) is 31.6. The largest absolute Gasteiger partial charge is 0.387 e. The Balaban J connectivity index is 1.88. The van der Waals surface area contributed by atoms with Crippen LogP contribution in [0.2, 0.25) is 0 Å². The lowest BCUT2D eigenvalue weighted by atomic mass is 10.0. The van der Waals surface area contributed by atoms with Crippen molar-refractivity contribution in [3.05, 3.63) is 18.6 Å². The van der Waals surface area contributed by atoms with Gasteiger partial charge in [-0.1, -0.05) is 0 Å². The molecular formula is C12H16FN4O6P. The van der Waals surface area contributed by atoms with Crippen LogP contribution in [-0.2, 0) is 14.3 Å². The molecule has 1 aliphatic rings. The van der Waals surface area contributed by atoms with Gasteiger partial charge in [-0.25, -0.2) is 14.4 Å². The molecule has 1 aliphatic heterocycles. The molecule has 132 valence electrons. The second-order valence-electron chi connectivity index (χ2n) is 5.37. The molecule has 0 amide bonds. The van der Waals surface area contributed by atoms with Crippen LogP contribution in [0.3, 0.4) is 0 Å². The Labute approximate surface area is 136 Å². The van der Waals surface area contributed by atoms with Gasteiger partial charge in [0.25, 0.3) is 0 Å². The van der Waals surface area contributed by atoms with Crippen molar-refractivity contribution >= 4 is 25.2 Å². The third kappa shape index (κ3) is 2.84. The molecule has 1 fully saturated rings. The van der Waals surface area contributed by atoms with Crippen molar-refractivity contribution in [2.24, 2.45) is 0 Å². The third-order valence-electron chi connectivity index (χ3n) is 3.70. The first kappa shape index (κ1) is 17.4. The monoisotopic (exact) mass is 362 g/mol. The van der Waals surface area contributed by atoms with E-state index in [0.717, 1.165) is 0 Å². The SMILES string of the molecule is C[C@@]1(O)C(F)[C@@H](OOP(O)CO)O[C@H]1n1ccc2c(N)ncnc21. The molecule has 1 saturated heterocycles. The van der Waals surface area contributed by atoms with Gasteiger partial charge in [-0.3, -0.25) is 0 Å². The zero-order chi connectivity index (χ0) is 17.5. The summed E-state index contributed by atoms with van der Waals surface area (Å²) in [5, 5.41) is 19.7. The zero-order valence-electron chi connectivity index (χ0n) is 12.5. The van der Waals surface area contributed by atoms with E-state index in [1.165, 1.54) is 24.0 Å². The average molecular weight is 362 g/mol. The second kappa shape index (κ2) is 6.45. The van der Waals surface area contributed by atoms with Crippen LogP contribution < -0.4 is 5.73 Å². The maximum Gasteiger partial charge on any atom is 0.232 e. The summed E-state index contributed by atoms with van der Waals surface area (Å²) in [6.07, 6.45) is -2.70. The smallest absolute Gasteiger partial charge is 0.232 e. The highest BCUT2D eigenvalue weighted by molar-refractivity contribution is 7.45. The molecule has 0 spiro atoms. The summed E-state index contributed by atoms with van der Waals surface area (Å²) in [5.41, 5.74) is 4.12. The predicted molar refractivity (Wildman–Crippen MR) is 79.8 cm³/mol. The van der Waals surface area contributed by atoms with Crippen LogP contribution in [0.4, 0.5) is 10.2 Å². The highest BCUT2D eigenvalue weighted by Gasteiger charge is 2.56. The van der Waals surface area contributed by atoms with Crippen molar-refractivity contribution in [1.29, 1.82) is 0 Å². The number of halogens is 1. The Bertz CT molecular complexity index is 731. The molecule has 2 aromatic rings. The summed E-state index contributed by atoms with van der Waals surface area (Å²) in [6.45, 7) is 1.23. The van der Waals surface area contributed by atoms with Crippen molar-refractivity contribution in [3.8, 4) is 0 Å². The van der Waals surface area contributed by atoms with Gasteiger partial charge in [0.2, 0.25) is 14.7 Å². The van der Waals surface area contributed by atoms with E-state index >= 15 is 0 Å². The topological polar surface area (TPSA) is 145 Å². The minimum absolute atomic E-state index is 0.234. The zero-order valence-corrected chi connectivity index (χ0v) is 13.4. The fourth-order valence-electron chi connectivity index (χ4n) is 2.46. The summed E-state index contributed by atoms with van der Waals surface area (Å²) in [6, 6.07) is 1.61. The Morgan fingerprint density at radius 3 is 3.00 bits per heavy atom. The summed E-state index contributed by atoms with van der Waals surface area (Å²) >= 11 is 0. The third-order valence-corrected chi connectivity index (χ3v) is 4.20. The maximum atomic E-state index is 14.5. The number of aromatic nitrogens is 3. The second-order valence-corrected chi connectivity index (χ2v) is 6.50. The van der Waals surface area contributed by atoms with E-state index in [9.17, 15) is 9.50 Å². The van der Waals surface area contributed by atoms with Crippen LogP contribution in [0.5, 0.6) is 0 Å². The molecule has 5 atom stereocenters. The van der Waals surface area contributed by atoms with E-state index < -0.39 is 39.0 Å². The number of hydrogen-bond donors (Lipinski definition) is 4.